The van der Waals surface area contributed by atoms with Crippen molar-refractivity contribution in [3.63, 3.8) is 0 Å². The number of carbonyl (C=O) groups is 2. The van der Waals surface area contributed by atoms with Crippen LogP contribution in [0.3, 0.4) is 0 Å². The van der Waals surface area contributed by atoms with E-state index < -0.39 is 0 Å². The summed E-state index contributed by atoms with van der Waals surface area (Å²) in [6.45, 7) is 3.74. The lowest BCUT2D eigenvalue weighted by Crippen LogP contribution is -2.04. The molecule has 0 fully saturated rings. The first-order valence-electron chi connectivity index (χ1n) is 9.69. The van der Waals surface area contributed by atoms with Crippen LogP contribution in [-0.4, -0.2) is 11.6 Å². The van der Waals surface area contributed by atoms with Gasteiger partial charge in [0.15, 0.2) is 0 Å². The van der Waals surface area contributed by atoms with Crippen molar-refractivity contribution in [2.24, 2.45) is 0 Å². The summed E-state index contributed by atoms with van der Waals surface area (Å²) in [5, 5.41) is 0. The molecule has 0 aliphatic carbocycles. The number of Topliss-reactive ketones (excluding diaryl/α,β-unsaturated/α-hetero) is 2. The molecule has 0 bridgehead atoms. The molecule has 2 nitrogen and oxygen atoms in total. The van der Waals surface area contributed by atoms with Gasteiger partial charge in [0.2, 0.25) is 0 Å². The minimum Gasteiger partial charge on any atom is -0.300 e. The van der Waals surface area contributed by atoms with Crippen LogP contribution < -0.4 is 0 Å². The van der Waals surface area contributed by atoms with Crippen molar-refractivity contribution < 1.29 is 9.59 Å². The van der Waals surface area contributed by atoms with E-state index in [2.05, 4.69) is 37.3 Å². The third-order valence-corrected chi connectivity index (χ3v) is 4.63. The number of rotatable bonds is 14. The molecule has 134 valence electrons. The van der Waals surface area contributed by atoms with Crippen LogP contribution in [0.5, 0.6) is 0 Å². The molecule has 1 atom stereocenters. The average Bonchev–Trinajstić information content (AvgIpc) is 2.56. The van der Waals surface area contributed by atoms with Gasteiger partial charge >= 0.3 is 0 Å². The predicted octanol–water partition coefficient (Wildman–Crippen LogP) is 6.24. The molecule has 0 heterocycles. The number of benzene rings is 1. The van der Waals surface area contributed by atoms with E-state index in [1.165, 1.54) is 57.4 Å². The Hall–Kier alpha value is -1.44. The molecule has 1 aromatic carbocycles. The van der Waals surface area contributed by atoms with Crippen LogP contribution >= 0.6 is 0 Å². The van der Waals surface area contributed by atoms with Crippen LogP contribution in [0.1, 0.15) is 96.0 Å². The Kier molecular flexibility index (Phi) is 11.1. The molecule has 1 aromatic rings. The lowest BCUT2D eigenvalue weighted by atomic mass is 9.88. The van der Waals surface area contributed by atoms with Crippen molar-refractivity contribution in [1.82, 2.24) is 0 Å². The monoisotopic (exact) mass is 330 g/mol. The predicted molar refractivity (Wildman–Crippen MR) is 101 cm³/mol. The van der Waals surface area contributed by atoms with E-state index in [1.54, 1.807) is 0 Å². The van der Waals surface area contributed by atoms with E-state index in [9.17, 15) is 9.59 Å². The van der Waals surface area contributed by atoms with E-state index in [4.69, 9.17) is 0 Å². The van der Waals surface area contributed by atoms with E-state index in [0.29, 0.717) is 12.3 Å². The number of carbonyl (C=O) groups excluding carboxylic acids is 2. The molecule has 0 spiro atoms. The van der Waals surface area contributed by atoms with E-state index in [0.717, 1.165) is 12.8 Å². The third kappa shape index (κ3) is 9.64. The van der Waals surface area contributed by atoms with Gasteiger partial charge in [-0.15, -0.1) is 0 Å². The zero-order valence-corrected chi connectivity index (χ0v) is 15.6. The highest BCUT2D eigenvalue weighted by molar-refractivity contribution is 5.97. The lowest BCUT2D eigenvalue weighted by molar-refractivity contribution is -0.125. The molecule has 1 unspecified atom stereocenters. The summed E-state index contributed by atoms with van der Waals surface area (Å²) in [5.41, 5.74) is 1.46. The summed E-state index contributed by atoms with van der Waals surface area (Å²) >= 11 is 0. The molecule has 0 aromatic heterocycles. The Labute approximate surface area is 148 Å². The zero-order chi connectivity index (χ0) is 17.6. The largest absolute Gasteiger partial charge is 0.300 e. The molecule has 0 saturated carbocycles. The SMILES string of the molecule is CCCCCCC(CCCCCC(=O)CC(C)=O)c1ccccc1. The molecule has 0 N–H and O–H groups in total. The van der Waals surface area contributed by atoms with Gasteiger partial charge in [0.05, 0.1) is 6.42 Å². The van der Waals surface area contributed by atoms with Gasteiger partial charge in [-0.25, -0.2) is 0 Å². The second-order valence-corrected chi connectivity index (χ2v) is 6.97. The van der Waals surface area contributed by atoms with Crippen molar-refractivity contribution in [3.05, 3.63) is 35.9 Å². The molecule has 1 rings (SSSR count). The van der Waals surface area contributed by atoms with Crippen LogP contribution in [0, 0.1) is 0 Å². The average molecular weight is 331 g/mol. The van der Waals surface area contributed by atoms with Crippen molar-refractivity contribution in [1.29, 1.82) is 0 Å². The van der Waals surface area contributed by atoms with Gasteiger partial charge in [-0.3, -0.25) is 9.59 Å². The van der Waals surface area contributed by atoms with Crippen molar-refractivity contribution >= 4 is 11.6 Å². The van der Waals surface area contributed by atoms with Crippen LogP contribution in [-0.2, 0) is 9.59 Å². The maximum atomic E-state index is 11.6. The summed E-state index contributed by atoms with van der Waals surface area (Å²) in [6.07, 6.45) is 11.6. The number of ketones is 2. The van der Waals surface area contributed by atoms with E-state index >= 15 is 0 Å². The lowest BCUT2D eigenvalue weighted by Gasteiger charge is -2.17. The first kappa shape index (κ1) is 20.6. The minimum absolute atomic E-state index is 0.0174. The van der Waals surface area contributed by atoms with Gasteiger partial charge in [0.25, 0.3) is 0 Å². The van der Waals surface area contributed by atoms with Gasteiger partial charge in [-0.2, -0.15) is 0 Å². The molecule has 0 aliphatic heterocycles. The second kappa shape index (κ2) is 12.9. The summed E-state index contributed by atoms with van der Waals surface area (Å²) in [4.78, 5) is 22.5. The Balaban J connectivity index is 2.31. The van der Waals surface area contributed by atoms with E-state index in [-0.39, 0.29) is 18.0 Å². The summed E-state index contributed by atoms with van der Waals surface area (Å²) in [7, 11) is 0. The molecule has 0 amide bonds. The molecule has 0 radical (unpaired) electrons. The number of hydrogen-bond acceptors (Lipinski definition) is 2. The van der Waals surface area contributed by atoms with E-state index in [1.807, 2.05) is 0 Å². The Morgan fingerprint density at radius 1 is 0.875 bits per heavy atom. The fraction of sp³-hybridized carbons (Fsp3) is 0.636. The van der Waals surface area contributed by atoms with Gasteiger partial charge in [0, 0.05) is 6.42 Å². The first-order chi connectivity index (χ1) is 11.6. The van der Waals surface area contributed by atoms with Crippen LogP contribution in [0.25, 0.3) is 0 Å². The Bertz CT molecular complexity index is 464. The molecule has 0 saturated heterocycles. The normalized spacial score (nSPS) is 12.1. The van der Waals surface area contributed by atoms with Crippen LogP contribution in [0.15, 0.2) is 30.3 Å². The highest BCUT2D eigenvalue weighted by atomic mass is 16.1. The fourth-order valence-corrected chi connectivity index (χ4v) is 3.28. The summed E-state index contributed by atoms with van der Waals surface area (Å²) < 4.78 is 0. The topological polar surface area (TPSA) is 34.1 Å². The van der Waals surface area contributed by atoms with Crippen molar-refractivity contribution in [2.75, 3.05) is 0 Å². The second-order valence-electron chi connectivity index (χ2n) is 6.97. The van der Waals surface area contributed by atoms with Gasteiger partial charge < -0.3 is 0 Å². The Morgan fingerprint density at radius 3 is 2.08 bits per heavy atom. The van der Waals surface area contributed by atoms with Crippen molar-refractivity contribution in [3.8, 4) is 0 Å². The van der Waals surface area contributed by atoms with Crippen molar-refractivity contribution in [2.45, 2.75) is 90.4 Å². The van der Waals surface area contributed by atoms with Gasteiger partial charge in [-0.1, -0.05) is 75.8 Å². The highest BCUT2D eigenvalue weighted by Gasteiger charge is 2.11. The maximum Gasteiger partial charge on any atom is 0.140 e. The molecule has 0 aliphatic rings. The fourth-order valence-electron chi connectivity index (χ4n) is 3.28. The standard InChI is InChI=1S/C22H34O2/c1-3-4-5-8-13-20(21-14-9-6-10-15-21)16-11-7-12-17-22(24)18-19(2)23/h6,9-10,14-15,20H,3-5,7-8,11-13,16-18H2,1-2H3. The van der Waals surface area contributed by atoms with Crippen LogP contribution in [0.4, 0.5) is 0 Å². The molecular formula is C22H34O2. The summed E-state index contributed by atoms with van der Waals surface area (Å²) in [6, 6.07) is 10.9. The summed E-state index contributed by atoms with van der Waals surface area (Å²) in [5.74, 6) is 0.730. The maximum absolute atomic E-state index is 11.6. The zero-order valence-electron chi connectivity index (χ0n) is 15.6. The highest BCUT2D eigenvalue weighted by Crippen LogP contribution is 2.28. The number of hydrogen-bond donors (Lipinski definition) is 0. The third-order valence-electron chi connectivity index (χ3n) is 4.63. The molecular weight excluding hydrogens is 296 g/mol. The van der Waals surface area contributed by atoms with Crippen LogP contribution in [0.2, 0.25) is 0 Å². The smallest absolute Gasteiger partial charge is 0.140 e. The minimum atomic E-state index is -0.0174. The van der Waals surface area contributed by atoms with Gasteiger partial charge in [-0.05, 0) is 37.7 Å². The molecule has 24 heavy (non-hydrogen) atoms. The number of unbranched alkanes of at least 4 members (excludes halogenated alkanes) is 5. The molecule has 2 heteroatoms. The quantitative estimate of drug-likeness (QED) is 0.299. The van der Waals surface area contributed by atoms with Gasteiger partial charge in [0.1, 0.15) is 11.6 Å². The Morgan fingerprint density at radius 2 is 1.50 bits per heavy atom. The first-order valence-corrected chi connectivity index (χ1v) is 9.69.